The first kappa shape index (κ1) is 27.1. The quantitative estimate of drug-likeness (QED) is 0.396. The number of unbranched alkanes of at least 4 members (excludes halogenated alkanes) is 1. The van der Waals surface area contributed by atoms with Crippen LogP contribution in [0.3, 0.4) is 0 Å². The van der Waals surface area contributed by atoms with E-state index in [0.29, 0.717) is 0 Å². The van der Waals surface area contributed by atoms with Crippen LogP contribution in [0.5, 0.6) is 17.2 Å². The van der Waals surface area contributed by atoms with Crippen LogP contribution >= 0.6 is 0 Å². The van der Waals surface area contributed by atoms with Crippen LogP contribution in [-0.4, -0.2) is 35.5 Å². The standard InChI is InChI=1S/C32H31NO7/c1-5-6-9-18-12-19-10-7-8-11-21(19)20(13-18)16-33-31(38)27-24(39-4)14-23(36)28-29(27)40-25-15-22(35)26(17(2)34)30(37)32(25,28)3/h7-8,10-15,26,36H,5-6,9,16H2,1-4H3,(H,33,38)/t26?,32-/m1/s1. The number of hydrogen-bond donors (Lipinski definition) is 2. The molecule has 2 aliphatic rings. The summed E-state index contributed by atoms with van der Waals surface area (Å²) < 4.78 is 11.4. The van der Waals surface area contributed by atoms with Crippen molar-refractivity contribution in [2.24, 2.45) is 5.92 Å². The van der Waals surface area contributed by atoms with Gasteiger partial charge in [-0.25, -0.2) is 0 Å². The molecular formula is C32H31NO7. The smallest absolute Gasteiger partial charge is 0.259 e. The van der Waals surface area contributed by atoms with Gasteiger partial charge in [0.05, 0.1) is 12.7 Å². The third-order valence-electron chi connectivity index (χ3n) is 7.86. The molecular weight excluding hydrogens is 510 g/mol. The fraction of sp³-hybridized carbons (Fsp3) is 0.312. The van der Waals surface area contributed by atoms with Gasteiger partial charge in [-0.2, -0.15) is 0 Å². The predicted octanol–water partition coefficient (Wildman–Crippen LogP) is 4.72. The lowest BCUT2D eigenvalue weighted by molar-refractivity contribution is -0.140. The maximum atomic E-state index is 13.7. The zero-order valence-corrected chi connectivity index (χ0v) is 22.9. The van der Waals surface area contributed by atoms with Crippen LogP contribution in [0.25, 0.3) is 10.8 Å². The van der Waals surface area contributed by atoms with Crippen LogP contribution in [0.2, 0.25) is 0 Å². The van der Waals surface area contributed by atoms with Crippen LogP contribution < -0.4 is 14.8 Å². The van der Waals surface area contributed by atoms with Crippen molar-refractivity contribution >= 4 is 34.0 Å². The first-order valence-electron chi connectivity index (χ1n) is 13.3. The summed E-state index contributed by atoms with van der Waals surface area (Å²) in [5, 5.41) is 16.0. The van der Waals surface area contributed by atoms with Gasteiger partial charge in [0, 0.05) is 18.7 Å². The highest BCUT2D eigenvalue weighted by molar-refractivity contribution is 6.27. The van der Waals surface area contributed by atoms with Gasteiger partial charge in [-0.15, -0.1) is 0 Å². The molecule has 8 nitrogen and oxygen atoms in total. The van der Waals surface area contributed by atoms with E-state index in [-0.39, 0.29) is 40.7 Å². The minimum absolute atomic E-state index is 0.0158. The Balaban J connectivity index is 1.55. The lowest BCUT2D eigenvalue weighted by atomic mass is 9.67. The highest BCUT2D eigenvalue weighted by atomic mass is 16.5. The highest BCUT2D eigenvalue weighted by Crippen LogP contribution is 2.56. The Hall–Kier alpha value is -4.46. The van der Waals surface area contributed by atoms with Gasteiger partial charge in [0.25, 0.3) is 5.91 Å². The van der Waals surface area contributed by atoms with Gasteiger partial charge in [0.2, 0.25) is 0 Å². The molecule has 0 radical (unpaired) electrons. The van der Waals surface area contributed by atoms with Crippen molar-refractivity contribution in [3.8, 4) is 17.2 Å². The molecule has 1 aliphatic carbocycles. The normalized spacial score (nSPS) is 19.5. The molecule has 0 bridgehead atoms. The van der Waals surface area contributed by atoms with Crippen LogP contribution in [0, 0.1) is 5.92 Å². The van der Waals surface area contributed by atoms with Gasteiger partial charge in [-0.1, -0.05) is 49.7 Å². The summed E-state index contributed by atoms with van der Waals surface area (Å²) in [6.45, 7) is 5.01. The van der Waals surface area contributed by atoms with Crippen LogP contribution in [0.4, 0.5) is 0 Å². The second kappa shape index (κ2) is 10.3. The average molecular weight is 542 g/mol. The van der Waals surface area contributed by atoms with Gasteiger partial charge in [0.1, 0.15) is 39.9 Å². The number of Topliss-reactive ketones (excluding diaryl/α,β-unsaturated/α-hetero) is 2. The molecule has 2 N–H and O–H groups in total. The monoisotopic (exact) mass is 541 g/mol. The molecule has 0 aromatic heterocycles. The van der Waals surface area contributed by atoms with Crippen molar-refractivity contribution in [3.63, 3.8) is 0 Å². The number of ketones is 3. The largest absolute Gasteiger partial charge is 0.507 e. The number of phenols is 1. The Kier molecular flexibility index (Phi) is 6.96. The number of phenolic OH excluding ortho intramolecular Hbond substituents is 1. The topological polar surface area (TPSA) is 119 Å². The van der Waals surface area contributed by atoms with Gasteiger partial charge < -0.3 is 19.9 Å². The van der Waals surface area contributed by atoms with Crippen molar-refractivity contribution in [3.05, 3.63) is 76.6 Å². The predicted molar refractivity (Wildman–Crippen MR) is 149 cm³/mol. The highest BCUT2D eigenvalue weighted by Gasteiger charge is 2.58. The lowest BCUT2D eigenvalue weighted by Gasteiger charge is -2.30. The van der Waals surface area contributed by atoms with Crippen LogP contribution in [0.1, 0.15) is 60.7 Å². The first-order valence-corrected chi connectivity index (χ1v) is 13.3. The molecule has 1 heterocycles. The van der Waals surface area contributed by atoms with Crippen molar-refractivity contribution in [2.75, 3.05) is 7.11 Å². The number of hydrogen-bond acceptors (Lipinski definition) is 7. The van der Waals surface area contributed by atoms with Gasteiger partial charge in [-0.05, 0) is 48.6 Å². The number of amides is 1. The minimum Gasteiger partial charge on any atom is -0.507 e. The summed E-state index contributed by atoms with van der Waals surface area (Å²) in [4.78, 5) is 51.9. The molecule has 0 fully saturated rings. The maximum Gasteiger partial charge on any atom is 0.259 e. The van der Waals surface area contributed by atoms with E-state index in [2.05, 4.69) is 24.4 Å². The molecule has 1 aliphatic heterocycles. The van der Waals surface area contributed by atoms with Crippen molar-refractivity contribution in [1.82, 2.24) is 5.32 Å². The molecule has 8 heteroatoms. The van der Waals surface area contributed by atoms with Gasteiger partial charge >= 0.3 is 0 Å². The second-order valence-corrected chi connectivity index (χ2v) is 10.5. The number of rotatable bonds is 8. The molecule has 206 valence electrons. The SMILES string of the molecule is CCCCc1cc(CNC(=O)c2c(OC)cc(O)c3c2OC2=CC(=O)C(C(C)=O)C(=O)[C@]23C)c2ccccc2c1. The number of fused-ring (bicyclic) bond motifs is 4. The van der Waals surface area contributed by atoms with Gasteiger partial charge in [0.15, 0.2) is 17.3 Å². The van der Waals surface area contributed by atoms with Crippen molar-refractivity contribution in [1.29, 1.82) is 0 Å². The fourth-order valence-electron chi connectivity index (χ4n) is 5.75. The fourth-order valence-corrected chi connectivity index (χ4v) is 5.75. The Bertz CT molecular complexity index is 1620. The Labute approximate surface area is 232 Å². The molecule has 0 saturated heterocycles. The summed E-state index contributed by atoms with van der Waals surface area (Å²) in [5.41, 5.74) is 0.525. The first-order chi connectivity index (χ1) is 19.1. The average Bonchev–Trinajstić information content (AvgIpc) is 3.23. The summed E-state index contributed by atoms with van der Waals surface area (Å²) in [7, 11) is 1.35. The number of aromatic hydroxyl groups is 1. The van der Waals surface area contributed by atoms with E-state index in [1.807, 2.05) is 24.3 Å². The summed E-state index contributed by atoms with van der Waals surface area (Å²) in [6, 6.07) is 13.5. The third-order valence-corrected chi connectivity index (χ3v) is 7.86. The van der Waals surface area contributed by atoms with E-state index in [1.165, 1.54) is 32.6 Å². The summed E-state index contributed by atoms with van der Waals surface area (Å²) >= 11 is 0. The number of carbonyl (C=O) groups excluding carboxylic acids is 4. The number of methoxy groups -OCH3 is 1. The van der Waals surface area contributed by atoms with E-state index in [4.69, 9.17) is 9.47 Å². The summed E-state index contributed by atoms with van der Waals surface area (Å²) in [6.07, 6.45) is 4.16. The van der Waals surface area contributed by atoms with Crippen molar-refractivity contribution < 1.29 is 33.8 Å². The number of allylic oxidation sites excluding steroid dienone is 2. The number of nitrogens with one attached hydrogen (secondary N) is 1. The zero-order valence-electron chi connectivity index (χ0n) is 22.9. The Morgan fingerprint density at radius 2 is 1.90 bits per heavy atom. The molecule has 40 heavy (non-hydrogen) atoms. The van der Waals surface area contributed by atoms with Gasteiger partial charge in [-0.3, -0.25) is 19.2 Å². The second-order valence-electron chi connectivity index (χ2n) is 10.5. The maximum absolute atomic E-state index is 13.7. The number of benzene rings is 3. The molecule has 2 atom stereocenters. The molecule has 0 spiro atoms. The number of aryl methyl sites for hydroxylation is 1. The van der Waals surface area contributed by atoms with E-state index < -0.39 is 34.6 Å². The summed E-state index contributed by atoms with van der Waals surface area (Å²) in [5.74, 6) is -4.45. The third kappa shape index (κ3) is 4.24. The minimum atomic E-state index is -1.62. The Morgan fingerprint density at radius 3 is 2.60 bits per heavy atom. The molecule has 3 aromatic carbocycles. The van der Waals surface area contributed by atoms with E-state index in [0.717, 1.165) is 41.7 Å². The number of ether oxygens (including phenoxy) is 2. The molecule has 1 unspecified atom stereocenters. The van der Waals surface area contributed by atoms with E-state index in [1.54, 1.807) is 0 Å². The molecule has 0 saturated carbocycles. The molecule has 3 aromatic rings. The number of carbonyl (C=O) groups is 4. The van der Waals surface area contributed by atoms with Crippen molar-refractivity contribution in [2.45, 2.75) is 52.0 Å². The van der Waals surface area contributed by atoms with Crippen LogP contribution in [-0.2, 0) is 32.8 Å². The lowest BCUT2D eigenvalue weighted by Crippen LogP contribution is -2.47. The molecule has 1 amide bonds. The van der Waals surface area contributed by atoms with E-state index >= 15 is 0 Å². The van der Waals surface area contributed by atoms with Crippen LogP contribution in [0.15, 0.2) is 54.3 Å². The Morgan fingerprint density at radius 1 is 1.15 bits per heavy atom. The zero-order chi connectivity index (χ0) is 28.8. The van der Waals surface area contributed by atoms with E-state index in [9.17, 15) is 24.3 Å². The molecule has 5 rings (SSSR count).